The largest absolute Gasteiger partial charge is 0.305 e. The van der Waals surface area contributed by atoms with Crippen LogP contribution in [0.15, 0.2) is 18.2 Å². The average Bonchev–Trinajstić information content (AvgIpc) is 2.83. The van der Waals surface area contributed by atoms with Gasteiger partial charge in [-0.3, -0.25) is 9.89 Å². The lowest BCUT2D eigenvalue weighted by atomic mass is 10.1. The molecule has 1 heterocycles. The van der Waals surface area contributed by atoms with Gasteiger partial charge in [-0.2, -0.15) is 5.10 Å². The molecule has 1 amide bonds. The minimum Gasteiger partial charge on any atom is -0.305 e. The third-order valence-corrected chi connectivity index (χ3v) is 2.97. The molecule has 106 valence electrons. The van der Waals surface area contributed by atoms with Gasteiger partial charge < -0.3 is 5.32 Å². The van der Waals surface area contributed by atoms with Crippen LogP contribution in [-0.4, -0.2) is 16.1 Å². The average molecular weight is 279 g/mol. The van der Waals surface area contributed by atoms with Gasteiger partial charge in [0, 0.05) is 11.8 Å². The Labute approximate surface area is 115 Å². The molecule has 4 nitrogen and oxygen atoms in total. The van der Waals surface area contributed by atoms with Crippen molar-refractivity contribution < 1.29 is 13.6 Å². The van der Waals surface area contributed by atoms with Crippen LogP contribution in [0.4, 0.5) is 14.6 Å². The second kappa shape index (κ2) is 5.40. The van der Waals surface area contributed by atoms with Crippen LogP contribution in [0, 0.1) is 18.6 Å². The van der Waals surface area contributed by atoms with Crippen molar-refractivity contribution in [3.05, 3.63) is 46.7 Å². The maximum absolute atomic E-state index is 13.8. The number of aromatic nitrogens is 2. The molecule has 0 radical (unpaired) electrons. The van der Waals surface area contributed by atoms with Gasteiger partial charge in [-0.05, 0) is 24.5 Å². The summed E-state index contributed by atoms with van der Waals surface area (Å²) in [7, 11) is 0. The van der Waals surface area contributed by atoms with E-state index in [1.807, 2.05) is 13.8 Å². The van der Waals surface area contributed by atoms with Crippen LogP contribution >= 0.6 is 0 Å². The highest BCUT2D eigenvalue weighted by molar-refractivity contribution is 6.04. The monoisotopic (exact) mass is 279 g/mol. The molecule has 0 atom stereocenters. The predicted molar refractivity (Wildman–Crippen MR) is 71.7 cm³/mol. The molecule has 1 aromatic heterocycles. The van der Waals surface area contributed by atoms with Crippen LogP contribution in [0.5, 0.6) is 0 Å². The molecule has 2 N–H and O–H groups in total. The number of benzene rings is 1. The van der Waals surface area contributed by atoms with Gasteiger partial charge >= 0.3 is 0 Å². The van der Waals surface area contributed by atoms with Gasteiger partial charge in [-0.15, -0.1) is 0 Å². The number of nitrogens with zero attached hydrogens (tertiary/aromatic N) is 1. The maximum Gasteiger partial charge on any atom is 0.262 e. The van der Waals surface area contributed by atoms with Crippen molar-refractivity contribution in [2.45, 2.75) is 26.7 Å². The van der Waals surface area contributed by atoms with Gasteiger partial charge in [0.2, 0.25) is 0 Å². The molecule has 6 heteroatoms. The summed E-state index contributed by atoms with van der Waals surface area (Å²) < 4.78 is 27.4. The number of carbonyl (C=O) groups is 1. The Bertz CT molecular complexity index is 650. The zero-order chi connectivity index (χ0) is 14.9. The Hall–Kier alpha value is -2.24. The lowest BCUT2D eigenvalue weighted by Gasteiger charge is -2.06. The van der Waals surface area contributed by atoms with E-state index in [-0.39, 0.29) is 17.3 Å². The van der Waals surface area contributed by atoms with Crippen molar-refractivity contribution in [3.8, 4) is 0 Å². The van der Waals surface area contributed by atoms with Crippen molar-refractivity contribution in [2.24, 2.45) is 0 Å². The van der Waals surface area contributed by atoms with Crippen molar-refractivity contribution in [1.29, 1.82) is 0 Å². The third-order valence-electron chi connectivity index (χ3n) is 2.97. The summed E-state index contributed by atoms with van der Waals surface area (Å²) in [5.74, 6) is -2.17. The summed E-state index contributed by atoms with van der Waals surface area (Å²) in [5.41, 5.74) is 0.436. The van der Waals surface area contributed by atoms with Crippen molar-refractivity contribution in [3.63, 3.8) is 0 Å². The summed E-state index contributed by atoms with van der Waals surface area (Å²) >= 11 is 0. The second-order valence-electron chi connectivity index (χ2n) is 4.87. The smallest absolute Gasteiger partial charge is 0.262 e. The molecule has 0 aliphatic rings. The van der Waals surface area contributed by atoms with Crippen LogP contribution in [-0.2, 0) is 0 Å². The molecule has 0 spiro atoms. The van der Waals surface area contributed by atoms with Crippen LogP contribution in [0.1, 0.15) is 41.4 Å². The number of carbonyl (C=O) groups excluding carboxylic acids is 1. The zero-order valence-corrected chi connectivity index (χ0v) is 11.4. The van der Waals surface area contributed by atoms with E-state index in [0.717, 1.165) is 11.8 Å². The third kappa shape index (κ3) is 2.68. The normalized spacial score (nSPS) is 10.9. The number of anilines is 1. The van der Waals surface area contributed by atoms with Crippen molar-refractivity contribution >= 4 is 11.7 Å². The SMILES string of the molecule is Cc1ccc(F)c(C(=O)Nc2cc(C(C)C)[nH]n2)c1F. The van der Waals surface area contributed by atoms with E-state index in [2.05, 4.69) is 15.5 Å². The molecular formula is C14H15F2N3O. The van der Waals surface area contributed by atoms with Gasteiger partial charge in [0.25, 0.3) is 5.91 Å². The summed E-state index contributed by atoms with van der Waals surface area (Å²) in [4.78, 5) is 11.9. The Morgan fingerprint density at radius 1 is 1.35 bits per heavy atom. The Morgan fingerprint density at radius 2 is 2.05 bits per heavy atom. The van der Waals surface area contributed by atoms with Crippen molar-refractivity contribution in [1.82, 2.24) is 10.2 Å². The first-order valence-electron chi connectivity index (χ1n) is 6.21. The van der Waals surface area contributed by atoms with E-state index < -0.39 is 23.1 Å². The molecule has 0 saturated heterocycles. The van der Waals surface area contributed by atoms with Crippen LogP contribution < -0.4 is 5.32 Å². The van der Waals surface area contributed by atoms with Crippen LogP contribution in [0.2, 0.25) is 0 Å². The van der Waals surface area contributed by atoms with E-state index in [1.54, 1.807) is 6.07 Å². The first-order valence-corrected chi connectivity index (χ1v) is 6.21. The van der Waals surface area contributed by atoms with E-state index >= 15 is 0 Å². The fourth-order valence-corrected chi connectivity index (χ4v) is 1.74. The number of rotatable bonds is 3. The standard InChI is InChI=1S/C14H15F2N3O/c1-7(2)10-6-11(19-18-10)17-14(20)12-9(15)5-4-8(3)13(12)16/h4-7H,1-3H3,(H2,17,18,19,20). The second-order valence-corrected chi connectivity index (χ2v) is 4.87. The molecule has 1 aromatic carbocycles. The van der Waals surface area contributed by atoms with Crippen LogP contribution in [0.3, 0.4) is 0 Å². The number of aromatic amines is 1. The molecule has 2 aromatic rings. The maximum atomic E-state index is 13.8. The first kappa shape index (κ1) is 14.2. The number of aryl methyl sites for hydroxylation is 1. The summed E-state index contributed by atoms with van der Waals surface area (Å²) in [6.45, 7) is 5.38. The van der Waals surface area contributed by atoms with Gasteiger partial charge in [-0.1, -0.05) is 19.9 Å². The highest BCUT2D eigenvalue weighted by Crippen LogP contribution is 2.19. The van der Waals surface area contributed by atoms with Gasteiger partial charge in [0.05, 0.1) is 0 Å². The number of nitrogens with one attached hydrogen (secondary N) is 2. The Morgan fingerprint density at radius 3 is 2.65 bits per heavy atom. The van der Waals surface area contributed by atoms with Crippen LogP contribution in [0.25, 0.3) is 0 Å². The minimum absolute atomic E-state index is 0.209. The quantitative estimate of drug-likeness (QED) is 0.905. The first-order chi connectivity index (χ1) is 9.40. The number of H-pyrrole nitrogens is 1. The van der Waals surface area contributed by atoms with Gasteiger partial charge in [0.15, 0.2) is 5.82 Å². The fraction of sp³-hybridized carbons (Fsp3) is 0.286. The molecular weight excluding hydrogens is 264 g/mol. The van der Waals surface area contributed by atoms with E-state index in [4.69, 9.17) is 0 Å². The summed E-state index contributed by atoms with van der Waals surface area (Å²) in [6.07, 6.45) is 0. The predicted octanol–water partition coefficient (Wildman–Crippen LogP) is 3.37. The topological polar surface area (TPSA) is 57.8 Å². The number of amides is 1. The minimum atomic E-state index is -0.898. The molecule has 0 fully saturated rings. The number of hydrogen-bond donors (Lipinski definition) is 2. The molecule has 0 aliphatic carbocycles. The van der Waals surface area contributed by atoms with E-state index in [0.29, 0.717) is 0 Å². The van der Waals surface area contributed by atoms with Gasteiger partial charge in [-0.25, -0.2) is 8.78 Å². The molecule has 20 heavy (non-hydrogen) atoms. The molecule has 0 saturated carbocycles. The lowest BCUT2D eigenvalue weighted by molar-refractivity contribution is 0.101. The molecule has 0 bridgehead atoms. The summed E-state index contributed by atoms with van der Waals surface area (Å²) in [5, 5.41) is 9.01. The molecule has 0 aliphatic heterocycles. The number of hydrogen-bond acceptors (Lipinski definition) is 2. The Balaban J connectivity index is 2.26. The zero-order valence-electron chi connectivity index (χ0n) is 11.4. The highest BCUT2D eigenvalue weighted by atomic mass is 19.1. The van der Waals surface area contributed by atoms with Crippen molar-refractivity contribution in [2.75, 3.05) is 5.32 Å². The molecule has 2 rings (SSSR count). The van der Waals surface area contributed by atoms with Gasteiger partial charge in [0.1, 0.15) is 17.2 Å². The number of halogens is 2. The highest BCUT2D eigenvalue weighted by Gasteiger charge is 2.20. The van der Waals surface area contributed by atoms with E-state index in [9.17, 15) is 13.6 Å². The fourth-order valence-electron chi connectivity index (χ4n) is 1.74. The molecule has 0 unspecified atom stereocenters. The summed E-state index contributed by atoms with van der Waals surface area (Å²) in [6, 6.07) is 3.98. The van der Waals surface area contributed by atoms with E-state index in [1.165, 1.54) is 13.0 Å². The lowest BCUT2D eigenvalue weighted by Crippen LogP contribution is -2.16. The Kier molecular flexibility index (Phi) is 3.83.